The van der Waals surface area contributed by atoms with Gasteiger partial charge in [0.1, 0.15) is 5.69 Å². The first-order chi connectivity index (χ1) is 15.8. The van der Waals surface area contributed by atoms with Gasteiger partial charge in [-0.15, -0.1) is 11.3 Å². The van der Waals surface area contributed by atoms with Crippen molar-refractivity contribution >= 4 is 23.2 Å². The van der Waals surface area contributed by atoms with Crippen LogP contribution in [-0.4, -0.2) is 34.1 Å². The van der Waals surface area contributed by atoms with Crippen molar-refractivity contribution in [1.82, 2.24) is 15.6 Å². The highest BCUT2D eigenvalue weighted by Crippen LogP contribution is 2.55. The molecule has 2 amide bonds. The highest BCUT2D eigenvalue weighted by molar-refractivity contribution is 7.09. The zero-order chi connectivity index (χ0) is 23.6. The Bertz CT molecular complexity index is 951. The Hall–Kier alpha value is -2.25. The number of carbonyl (C=O) groups is 2. The minimum Gasteiger partial charge on any atom is -0.392 e. The molecule has 0 spiro atoms. The maximum Gasteiger partial charge on any atom is 0.270 e. The van der Waals surface area contributed by atoms with Crippen molar-refractivity contribution in [3.8, 4) is 0 Å². The average molecular weight is 470 g/mol. The third-order valence-corrected chi connectivity index (χ3v) is 9.05. The number of hydrogen-bond donors (Lipinski definition) is 3. The molecule has 2 heterocycles. The monoisotopic (exact) mass is 469 g/mol. The van der Waals surface area contributed by atoms with Crippen LogP contribution in [0.25, 0.3) is 0 Å². The molecule has 0 aromatic carbocycles. The molecule has 0 unspecified atom stereocenters. The zero-order valence-corrected chi connectivity index (χ0v) is 20.5. The Kier molecular flexibility index (Phi) is 7.19. The molecule has 2 aliphatic carbocycles. The fourth-order valence-electron chi connectivity index (χ4n) is 6.18. The van der Waals surface area contributed by atoms with E-state index >= 15 is 0 Å². The number of aromatic nitrogens is 1. The number of thiophene rings is 1. The summed E-state index contributed by atoms with van der Waals surface area (Å²) in [6, 6.07) is 9.29. The summed E-state index contributed by atoms with van der Waals surface area (Å²) in [5, 5.41) is 19.8. The fraction of sp³-hybridized carbons (Fsp3) is 0.577. The molecule has 0 radical (unpaired) electrons. The molecule has 2 saturated carbocycles. The lowest BCUT2D eigenvalue weighted by molar-refractivity contribution is -0.142. The second-order valence-corrected chi connectivity index (χ2v) is 11.2. The largest absolute Gasteiger partial charge is 0.392 e. The van der Waals surface area contributed by atoms with Crippen molar-refractivity contribution in [2.45, 2.75) is 65.1 Å². The summed E-state index contributed by atoms with van der Waals surface area (Å²) >= 11 is 1.63. The summed E-state index contributed by atoms with van der Waals surface area (Å²) < 4.78 is 0. The van der Waals surface area contributed by atoms with E-state index in [9.17, 15) is 14.7 Å². The Balaban J connectivity index is 1.43. The molecule has 33 heavy (non-hydrogen) atoms. The number of pyridine rings is 1. The molecule has 2 aromatic rings. The van der Waals surface area contributed by atoms with Gasteiger partial charge in [0.15, 0.2) is 0 Å². The van der Waals surface area contributed by atoms with Gasteiger partial charge in [0.05, 0.1) is 12.6 Å². The molecular formula is C26H35N3O3S. The first-order valence-corrected chi connectivity index (χ1v) is 12.9. The lowest BCUT2D eigenvalue weighted by Gasteiger charge is -2.56. The van der Waals surface area contributed by atoms with Gasteiger partial charge >= 0.3 is 0 Å². The number of rotatable bonds is 6. The van der Waals surface area contributed by atoms with Crippen LogP contribution >= 0.6 is 11.3 Å². The summed E-state index contributed by atoms with van der Waals surface area (Å²) in [5.41, 5.74) is 0.436. The quantitative estimate of drug-likeness (QED) is 0.596. The molecule has 178 valence electrons. The first kappa shape index (κ1) is 23.9. The molecule has 6 nitrogen and oxygen atoms in total. The highest BCUT2D eigenvalue weighted by Gasteiger charge is 2.53. The normalized spacial score (nSPS) is 32.4. The van der Waals surface area contributed by atoms with Gasteiger partial charge in [-0.2, -0.15) is 0 Å². The van der Waals surface area contributed by atoms with E-state index in [1.807, 2.05) is 30.5 Å². The Labute approximate surface area is 200 Å². The van der Waals surface area contributed by atoms with Crippen molar-refractivity contribution in [3.63, 3.8) is 0 Å². The van der Waals surface area contributed by atoms with Gasteiger partial charge in [-0.25, -0.2) is 0 Å². The standard InChI is InChI=1S/C26H35N3O3S/c1-16(24(31)28-15-18-7-6-14-33-18)19-9-11-26(3)12-10-20(17(2)22(26)23(19)30)29-25(32)21-8-4-5-13-27-21/h4-8,13-14,16-17,19-20,22-23,30H,9-12,15H2,1-3H3,(H,28,31)(H,29,32)/t16-,17+,19-,20-,22+,23-,26-/m0/s1. The number of nitrogens with zero attached hydrogens (tertiary/aromatic N) is 1. The molecule has 4 rings (SSSR count). The molecule has 0 aliphatic heterocycles. The summed E-state index contributed by atoms with van der Waals surface area (Å²) in [5.74, 6) is -0.375. The second kappa shape index (κ2) is 9.94. The molecule has 2 aliphatic rings. The van der Waals surface area contributed by atoms with Crippen molar-refractivity contribution in [2.75, 3.05) is 0 Å². The van der Waals surface area contributed by atoms with E-state index < -0.39 is 6.10 Å². The van der Waals surface area contributed by atoms with E-state index in [1.165, 1.54) is 0 Å². The van der Waals surface area contributed by atoms with Crippen LogP contribution in [0.5, 0.6) is 0 Å². The summed E-state index contributed by atoms with van der Waals surface area (Å²) in [6.07, 6.45) is 4.73. The predicted molar refractivity (Wildman–Crippen MR) is 130 cm³/mol. The predicted octanol–water partition coefficient (Wildman–Crippen LogP) is 4.02. The first-order valence-electron chi connectivity index (χ1n) is 12.0. The minimum atomic E-state index is -0.573. The molecule has 7 heteroatoms. The van der Waals surface area contributed by atoms with Gasteiger partial charge in [-0.05, 0) is 72.4 Å². The van der Waals surface area contributed by atoms with Gasteiger partial charge in [-0.3, -0.25) is 14.6 Å². The molecule has 2 aromatic heterocycles. The number of nitrogens with one attached hydrogen (secondary N) is 2. The van der Waals surface area contributed by atoms with Gasteiger partial charge in [0, 0.05) is 23.0 Å². The van der Waals surface area contributed by atoms with Crippen LogP contribution in [0.4, 0.5) is 0 Å². The van der Waals surface area contributed by atoms with E-state index in [1.54, 1.807) is 29.7 Å². The molecule has 3 N–H and O–H groups in total. The van der Waals surface area contributed by atoms with E-state index in [0.29, 0.717) is 12.2 Å². The van der Waals surface area contributed by atoms with Crippen molar-refractivity contribution in [3.05, 3.63) is 52.5 Å². The van der Waals surface area contributed by atoms with Crippen LogP contribution < -0.4 is 10.6 Å². The molecule has 0 bridgehead atoms. The van der Waals surface area contributed by atoms with E-state index in [-0.39, 0.29) is 46.9 Å². The van der Waals surface area contributed by atoms with Crippen LogP contribution in [0, 0.1) is 29.1 Å². The molecular weight excluding hydrogens is 434 g/mol. The maximum absolute atomic E-state index is 12.9. The SMILES string of the molecule is C[C@H]1[C@@H]2[C@@H](O)[C@H]([C@H](C)C(=O)NCc3cccs3)CC[C@@]2(C)CC[C@@H]1NC(=O)c1ccccn1. The van der Waals surface area contributed by atoms with E-state index in [2.05, 4.69) is 29.5 Å². The van der Waals surface area contributed by atoms with Crippen LogP contribution in [0.1, 0.15) is 61.8 Å². The number of carbonyl (C=O) groups excluding carboxylic acids is 2. The van der Waals surface area contributed by atoms with E-state index in [4.69, 9.17) is 0 Å². The van der Waals surface area contributed by atoms with Gasteiger partial charge < -0.3 is 15.7 Å². The van der Waals surface area contributed by atoms with Gasteiger partial charge in [0.25, 0.3) is 5.91 Å². The number of hydrogen-bond acceptors (Lipinski definition) is 5. The van der Waals surface area contributed by atoms with E-state index in [0.717, 1.165) is 30.6 Å². The third kappa shape index (κ3) is 4.99. The Morgan fingerprint density at radius 3 is 2.73 bits per heavy atom. The van der Waals surface area contributed by atoms with Crippen LogP contribution in [0.15, 0.2) is 41.9 Å². The molecule has 7 atom stereocenters. The Morgan fingerprint density at radius 2 is 2.03 bits per heavy atom. The lowest BCUT2D eigenvalue weighted by Crippen LogP contribution is -2.58. The van der Waals surface area contributed by atoms with Crippen LogP contribution in [0.3, 0.4) is 0 Å². The second-order valence-electron chi connectivity index (χ2n) is 10.2. The van der Waals surface area contributed by atoms with Gasteiger partial charge in [0.2, 0.25) is 5.91 Å². The smallest absolute Gasteiger partial charge is 0.270 e. The molecule has 2 fully saturated rings. The molecule has 0 saturated heterocycles. The highest BCUT2D eigenvalue weighted by atomic mass is 32.1. The summed E-state index contributed by atoms with van der Waals surface area (Å²) in [4.78, 5) is 30.9. The van der Waals surface area contributed by atoms with Crippen molar-refractivity contribution in [2.24, 2.45) is 29.1 Å². The fourth-order valence-corrected chi connectivity index (χ4v) is 6.82. The maximum atomic E-state index is 12.9. The summed E-state index contributed by atoms with van der Waals surface area (Å²) in [7, 11) is 0. The average Bonchev–Trinajstić information content (AvgIpc) is 3.33. The zero-order valence-electron chi connectivity index (χ0n) is 19.7. The van der Waals surface area contributed by atoms with Crippen LogP contribution in [0.2, 0.25) is 0 Å². The lowest BCUT2D eigenvalue weighted by atomic mass is 9.51. The topological polar surface area (TPSA) is 91.3 Å². The van der Waals surface area contributed by atoms with Gasteiger partial charge in [-0.1, -0.05) is 32.9 Å². The number of aliphatic hydroxyl groups excluding tert-OH is 1. The third-order valence-electron chi connectivity index (χ3n) is 8.17. The summed E-state index contributed by atoms with van der Waals surface area (Å²) in [6.45, 7) is 6.88. The minimum absolute atomic E-state index is 0.000444. The number of aliphatic hydroxyl groups is 1. The van der Waals surface area contributed by atoms with Crippen molar-refractivity contribution in [1.29, 1.82) is 0 Å². The number of amides is 2. The number of fused-ring (bicyclic) bond motifs is 1. The van der Waals surface area contributed by atoms with Crippen molar-refractivity contribution < 1.29 is 14.7 Å². The Morgan fingerprint density at radius 1 is 1.24 bits per heavy atom. The van der Waals surface area contributed by atoms with Crippen LogP contribution in [-0.2, 0) is 11.3 Å².